The minimum atomic E-state index is 0.182. The van der Waals surface area contributed by atoms with E-state index in [1.54, 1.807) is 23.3 Å². The largest absolute Gasteiger partial charge is 0.396 e. The number of rotatable bonds is 3. The summed E-state index contributed by atoms with van der Waals surface area (Å²) >= 11 is 0. The van der Waals surface area contributed by atoms with Crippen LogP contribution in [0.2, 0.25) is 0 Å². The molecule has 1 saturated heterocycles. The highest BCUT2D eigenvalue weighted by Crippen LogP contribution is 2.21. The predicted octanol–water partition coefficient (Wildman–Crippen LogP) is -0.542. The Hall–Kier alpha value is -2.22. The number of nitrogen functional groups attached to an aromatic ring is 1. The van der Waals surface area contributed by atoms with Crippen LogP contribution >= 0.6 is 0 Å². The first kappa shape index (κ1) is 11.8. The average molecular weight is 261 g/mol. The van der Waals surface area contributed by atoms with Crippen LogP contribution in [0.25, 0.3) is 5.95 Å². The fourth-order valence-electron chi connectivity index (χ4n) is 2.17. The van der Waals surface area contributed by atoms with E-state index in [1.807, 2.05) is 4.90 Å². The first-order valence-electron chi connectivity index (χ1n) is 6.12. The molecule has 1 unspecified atom stereocenters. The van der Waals surface area contributed by atoms with Gasteiger partial charge >= 0.3 is 0 Å². The van der Waals surface area contributed by atoms with Gasteiger partial charge < -0.3 is 15.7 Å². The van der Waals surface area contributed by atoms with Gasteiger partial charge in [-0.1, -0.05) is 0 Å². The second-order valence-electron chi connectivity index (χ2n) is 4.55. The number of hydrogen-bond acceptors (Lipinski definition) is 7. The zero-order chi connectivity index (χ0) is 13.2. The smallest absolute Gasteiger partial charge is 0.241 e. The number of hydrogen-bond donors (Lipinski definition) is 2. The summed E-state index contributed by atoms with van der Waals surface area (Å²) in [6.45, 7) is 1.74. The summed E-state index contributed by atoms with van der Waals surface area (Å²) in [4.78, 5) is 18.6. The van der Waals surface area contributed by atoms with E-state index in [1.165, 1.54) is 0 Å². The quantitative estimate of drug-likeness (QED) is 0.764. The highest BCUT2D eigenvalue weighted by atomic mass is 16.3. The predicted molar refractivity (Wildman–Crippen MR) is 68.8 cm³/mol. The molecule has 3 N–H and O–H groups in total. The summed E-state index contributed by atoms with van der Waals surface area (Å²) in [5, 5.41) is 9.17. The molecular weight excluding hydrogens is 246 g/mol. The van der Waals surface area contributed by atoms with Crippen molar-refractivity contribution in [1.29, 1.82) is 0 Å². The van der Waals surface area contributed by atoms with Gasteiger partial charge in [-0.3, -0.25) is 4.57 Å². The van der Waals surface area contributed by atoms with Crippen LogP contribution in [-0.4, -0.2) is 49.3 Å². The van der Waals surface area contributed by atoms with Gasteiger partial charge in [-0.05, 0) is 6.42 Å². The number of anilines is 2. The molecule has 0 spiro atoms. The van der Waals surface area contributed by atoms with Crippen molar-refractivity contribution in [2.45, 2.75) is 6.42 Å². The third kappa shape index (κ3) is 2.34. The Morgan fingerprint density at radius 2 is 2.16 bits per heavy atom. The van der Waals surface area contributed by atoms with Gasteiger partial charge in [-0.25, -0.2) is 4.98 Å². The maximum atomic E-state index is 9.17. The van der Waals surface area contributed by atoms with Crippen LogP contribution in [0.1, 0.15) is 6.42 Å². The molecule has 2 aromatic heterocycles. The van der Waals surface area contributed by atoms with Crippen LogP contribution in [0.15, 0.2) is 18.7 Å². The Bertz CT molecular complexity index is 556. The van der Waals surface area contributed by atoms with Crippen molar-refractivity contribution in [3.05, 3.63) is 18.7 Å². The lowest BCUT2D eigenvalue weighted by molar-refractivity contribution is 0.238. The van der Waals surface area contributed by atoms with Gasteiger partial charge in [0.05, 0.1) is 0 Å². The van der Waals surface area contributed by atoms with Crippen molar-refractivity contribution >= 4 is 11.9 Å². The first-order chi connectivity index (χ1) is 9.26. The van der Waals surface area contributed by atoms with Crippen LogP contribution in [0.3, 0.4) is 0 Å². The second kappa shape index (κ2) is 4.81. The van der Waals surface area contributed by atoms with Crippen molar-refractivity contribution in [2.75, 3.05) is 30.3 Å². The maximum Gasteiger partial charge on any atom is 0.241 e. The molecule has 0 amide bonds. The first-order valence-corrected chi connectivity index (χ1v) is 6.12. The Morgan fingerprint density at radius 1 is 1.32 bits per heavy atom. The van der Waals surface area contributed by atoms with Gasteiger partial charge in [0, 0.05) is 38.0 Å². The summed E-state index contributed by atoms with van der Waals surface area (Å²) in [5.41, 5.74) is 5.73. The normalized spacial score (nSPS) is 19.0. The minimum absolute atomic E-state index is 0.182. The number of nitrogens with zero attached hydrogens (tertiary/aromatic N) is 6. The Kier molecular flexibility index (Phi) is 3.00. The lowest BCUT2D eigenvalue weighted by Crippen LogP contribution is -2.24. The third-order valence-corrected chi connectivity index (χ3v) is 3.19. The highest BCUT2D eigenvalue weighted by Gasteiger charge is 2.24. The Balaban J connectivity index is 1.90. The van der Waals surface area contributed by atoms with Crippen molar-refractivity contribution in [3.63, 3.8) is 0 Å². The fraction of sp³-hybridized carbons (Fsp3) is 0.455. The lowest BCUT2D eigenvalue weighted by Gasteiger charge is -2.16. The van der Waals surface area contributed by atoms with E-state index in [-0.39, 0.29) is 18.5 Å². The van der Waals surface area contributed by atoms with E-state index in [0.717, 1.165) is 19.5 Å². The molecule has 1 aliphatic heterocycles. The van der Waals surface area contributed by atoms with Crippen LogP contribution in [0, 0.1) is 5.92 Å². The second-order valence-corrected chi connectivity index (χ2v) is 4.55. The summed E-state index contributed by atoms with van der Waals surface area (Å²) in [7, 11) is 0. The standard InChI is InChI=1S/C11H15N7O/c12-9-14-10(17-3-1-8(5-17)6-19)16-11(15-9)18-4-2-13-7-18/h2,4,7-8,19H,1,3,5-6H2,(H2,12,14,15,16). The molecule has 0 bridgehead atoms. The minimum Gasteiger partial charge on any atom is -0.396 e. The monoisotopic (exact) mass is 261 g/mol. The van der Waals surface area contributed by atoms with E-state index in [9.17, 15) is 5.11 Å². The van der Waals surface area contributed by atoms with Crippen molar-refractivity contribution in [1.82, 2.24) is 24.5 Å². The van der Waals surface area contributed by atoms with Gasteiger partial charge in [-0.15, -0.1) is 0 Å². The topological polar surface area (TPSA) is 106 Å². The van der Waals surface area contributed by atoms with Crippen LogP contribution < -0.4 is 10.6 Å². The third-order valence-electron chi connectivity index (χ3n) is 3.19. The number of imidazole rings is 1. The fourth-order valence-corrected chi connectivity index (χ4v) is 2.17. The van der Waals surface area contributed by atoms with Gasteiger partial charge in [0.1, 0.15) is 6.33 Å². The van der Waals surface area contributed by atoms with E-state index >= 15 is 0 Å². The van der Waals surface area contributed by atoms with Gasteiger partial charge in [-0.2, -0.15) is 15.0 Å². The van der Waals surface area contributed by atoms with Crippen LogP contribution in [0.4, 0.5) is 11.9 Å². The van der Waals surface area contributed by atoms with Crippen LogP contribution in [-0.2, 0) is 0 Å². The van der Waals surface area contributed by atoms with E-state index in [4.69, 9.17) is 5.73 Å². The molecule has 0 aromatic carbocycles. The Labute approximate surface area is 109 Å². The average Bonchev–Trinajstić information content (AvgIpc) is 3.09. The molecule has 3 rings (SSSR count). The molecule has 1 aliphatic rings. The van der Waals surface area contributed by atoms with Crippen molar-refractivity contribution in [2.24, 2.45) is 5.92 Å². The van der Waals surface area contributed by atoms with Gasteiger partial charge in [0.2, 0.25) is 17.8 Å². The van der Waals surface area contributed by atoms with E-state index in [0.29, 0.717) is 11.9 Å². The number of aliphatic hydroxyl groups is 1. The molecule has 0 aliphatic carbocycles. The zero-order valence-corrected chi connectivity index (χ0v) is 10.3. The molecule has 8 heteroatoms. The number of aromatic nitrogens is 5. The van der Waals surface area contributed by atoms with E-state index < -0.39 is 0 Å². The molecule has 19 heavy (non-hydrogen) atoms. The molecule has 8 nitrogen and oxygen atoms in total. The van der Waals surface area contributed by atoms with Gasteiger partial charge in [0.15, 0.2) is 0 Å². The Morgan fingerprint density at radius 3 is 2.84 bits per heavy atom. The summed E-state index contributed by atoms with van der Waals surface area (Å²) in [6, 6.07) is 0. The van der Waals surface area contributed by atoms with Crippen molar-refractivity contribution in [3.8, 4) is 5.95 Å². The van der Waals surface area contributed by atoms with E-state index in [2.05, 4.69) is 19.9 Å². The molecule has 100 valence electrons. The SMILES string of the molecule is Nc1nc(N2CCC(CO)C2)nc(-n2ccnc2)n1. The number of aliphatic hydroxyl groups excluding tert-OH is 1. The lowest BCUT2D eigenvalue weighted by atomic mass is 10.1. The molecule has 1 fully saturated rings. The van der Waals surface area contributed by atoms with Crippen LogP contribution in [0.5, 0.6) is 0 Å². The summed E-state index contributed by atoms with van der Waals surface area (Å²) in [6.07, 6.45) is 5.94. The molecule has 1 atom stereocenters. The van der Waals surface area contributed by atoms with Crippen molar-refractivity contribution < 1.29 is 5.11 Å². The summed E-state index contributed by atoms with van der Waals surface area (Å²) in [5.74, 6) is 1.45. The zero-order valence-electron chi connectivity index (χ0n) is 10.3. The molecule has 3 heterocycles. The summed E-state index contributed by atoms with van der Waals surface area (Å²) < 4.78 is 1.68. The molecule has 0 radical (unpaired) electrons. The number of nitrogens with two attached hydrogens (primary N) is 1. The highest BCUT2D eigenvalue weighted by molar-refractivity contribution is 5.39. The molecular formula is C11H15N7O. The van der Waals surface area contributed by atoms with Gasteiger partial charge in [0.25, 0.3) is 0 Å². The molecule has 2 aromatic rings. The molecule has 0 saturated carbocycles. The maximum absolute atomic E-state index is 9.17.